The van der Waals surface area contributed by atoms with Crippen molar-refractivity contribution in [1.29, 1.82) is 0 Å². The molecule has 1 fully saturated rings. The normalized spacial score (nSPS) is 18.1. The zero-order chi connectivity index (χ0) is 24.3. The number of carbonyl (C=O) groups excluding carboxylic acids is 4. The zero-order valence-corrected chi connectivity index (χ0v) is 18.2. The van der Waals surface area contributed by atoms with Gasteiger partial charge in [0.15, 0.2) is 0 Å². The first-order valence-electron chi connectivity index (χ1n) is 10.0. The largest absolute Gasteiger partial charge is 0.481 e. The average Bonchev–Trinajstić information content (AvgIpc) is 3.26. The number of carbonyl (C=O) groups is 6. The molecule has 1 aliphatic heterocycles. The number of hydrogen-bond acceptors (Lipinski definition) is 8. The highest BCUT2D eigenvalue weighted by Crippen LogP contribution is 2.07. The molecule has 0 aliphatic carbocycles. The van der Waals surface area contributed by atoms with Gasteiger partial charge in [0, 0.05) is 18.6 Å². The van der Waals surface area contributed by atoms with Gasteiger partial charge in [-0.1, -0.05) is 0 Å². The Bertz CT molecular complexity index is 728. The number of primary amides is 1. The van der Waals surface area contributed by atoms with Crippen LogP contribution in [0.4, 0.5) is 0 Å². The molecule has 1 aliphatic rings. The summed E-state index contributed by atoms with van der Waals surface area (Å²) >= 11 is 4.05. The average molecular weight is 476 g/mol. The molecule has 1 heterocycles. The van der Waals surface area contributed by atoms with Gasteiger partial charge in [0.2, 0.25) is 23.6 Å². The molecule has 0 aromatic rings. The summed E-state index contributed by atoms with van der Waals surface area (Å²) in [5.74, 6) is -5.63. The van der Waals surface area contributed by atoms with Crippen LogP contribution in [0.15, 0.2) is 0 Å². The molecular weight excluding hydrogens is 446 g/mol. The summed E-state index contributed by atoms with van der Waals surface area (Å²) in [4.78, 5) is 70.6. The molecule has 32 heavy (non-hydrogen) atoms. The first-order chi connectivity index (χ1) is 15.0. The fourth-order valence-corrected chi connectivity index (χ4v) is 3.26. The Kier molecular flexibility index (Phi) is 11.5. The Morgan fingerprint density at radius 3 is 2.03 bits per heavy atom. The molecule has 0 spiro atoms. The molecule has 0 aromatic heterocycles. The number of carboxylic acids is 2. The zero-order valence-electron chi connectivity index (χ0n) is 17.3. The molecule has 180 valence electrons. The van der Waals surface area contributed by atoms with Crippen molar-refractivity contribution in [3.63, 3.8) is 0 Å². The van der Waals surface area contributed by atoms with Crippen molar-refractivity contribution in [2.45, 2.75) is 62.7 Å². The second kappa shape index (κ2) is 13.5. The molecule has 4 atom stereocenters. The topological polar surface area (TPSA) is 217 Å². The SMILES string of the molecule is NC(=O)CCC(NC(=O)C(CCC(=O)O)NC(=O)C(CS)NC(=O)C1CCCN1)C(=O)O. The lowest BCUT2D eigenvalue weighted by Crippen LogP contribution is -2.57. The molecule has 0 aromatic carbocycles. The number of rotatable bonds is 14. The summed E-state index contributed by atoms with van der Waals surface area (Å²) in [6.07, 6.45) is 0.0336. The summed E-state index contributed by atoms with van der Waals surface area (Å²) in [6, 6.07) is -4.40. The lowest BCUT2D eigenvalue weighted by molar-refractivity contribution is -0.143. The Hall–Kier alpha value is -2.87. The second-order valence-electron chi connectivity index (χ2n) is 7.29. The van der Waals surface area contributed by atoms with Gasteiger partial charge >= 0.3 is 11.9 Å². The molecule has 0 saturated carbocycles. The molecule has 1 rings (SSSR count). The van der Waals surface area contributed by atoms with Crippen molar-refractivity contribution < 1.29 is 39.0 Å². The van der Waals surface area contributed by atoms with Crippen molar-refractivity contribution in [1.82, 2.24) is 21.3 Å². The molecule has 0 radical (unpaired) electrons. The fourth-order valence-electron chi connectivity index (χ4n) is 3.00. The van der Waals surface area contributed by atoms with Crippen LogP contribution in [0.1, 0.15) is 38.5 Å². The summed E-state index contributed by atoms with van der Waals surface area (Å²) in [5, 5.41) is 28.2. The first kappa shape index (κ1) is 27.2. The minimum Gasteiger partial charge on any atom is -0.481 e. The molecular formula is C18H29N5O8S. The van der Waals surface area contributed by atoms with Gasteiger partial charge in [-0.15, -0.1) is 0 Å². The van der Waals surface area contributed by atoms with E-state index < -0.39 is 66.2 Å². The van der Waals surface area contributed by atoms with Gasteiger partial charge in [-0.05, 0) is 32.2 Å². The quantitative estimate of drug-likeness (QED) is 0.123. The van der Waals surface area contributed by atoms with Gasteiger partial charge in [-0.2, -0.15) is 12.6 Å². The maximum atomic E-state index is 12.6. The van der Waals surface area contributed by atoms with Crippen molar-refractivity contribution in [2.75, 3.05) is 12.3 Å². The molecule has 0 bridgehead atoms. The monoisotopic (exact) mass is 475 g/mol. The predicted molar refractivity (Wildman–Crippen MR) is 114 cm³/mol. The van der Waals surface area contributed by atoms with Gasteiger partial charge in [-0.25, -0.2) is 4.79 Å². The number of thiol groups is 1. The highest BCUT2D eigenvalue weighted by atomic mass is 32.1. The van der Waals surface area contributed by atoms with Crippen LogP contribution < -0.4 is 27.0 Å². The van der Waals surface area contributed by atoms with Gasteiger partial charge in [0.1, 0.15) is 18.1 Å². The van der Waals surface area contributed by atoms with E-state index in [0.717, 1.165) is 6.42 Å². The van der Waals surface area contributed by atoms with Crippen LogP contribution in [-0.2, 0) is 28.8 Å². The predicted octanol–water partition coefficient (Wildman–Crippen LogP) is -2.66. The van der Waals surface area contributed by atoms with E-state index in [-0.39, 0.29) is 25.0 Å². The van der Waals surface area contributed by atoms with Crippen LogP contribution in [0.3, 0.4) is 0 Å². The first-order valence-corrected chi connectivity index (χ1v) is 10.7. The van der Waals surface area contributed by atoms with E-state index in [1.54, 1.807) is 0 Å². The Morgan fingerprint density at radius 1 is 0.938 bits per heavy atom. The van der Waals surface area contributed by atoms with E-state index in [4.69, 9.17) is 10.8 Å². The third kappa shape index (κ3) is 9.51. The lowest BCUT2D eigenvalue weighted by atomic mass is 10.1. The molecule has 8 N–H and O–H groups in total. The van der Waals surface area contributed by atoms with Crippen LogP contribution in [-0.4, -0.2) is 82.2 Å². The molecule has 14 heteroatoms. The number of amides is 4. The van der Waals surface area contributed by atoms with Crippen LogP contribution in [0.2, 0.25) is 0 Å². The lowest BCUT2D eigenvalue weighted by Gasteiger charge is -2.24. The maximum absolute atomic E-state index is 12.6. The Labute approximate surface area is 189 Å². The minimum absolute atomic E-state index is 0.0894. The minimum atomic E-state index is -1.46. The van der Waals surface area contributed by atoms with E-state index in [1.165, 1.54) is 0 Å². The van der Waals surface area contributed by atoms with Gasteiger partial charge in [0.05, 0.1) is 6.04 Å². The van der Waals surface area contributed by atoms with Crippen LogP contribution in [0, 0.1) is 0 Å². The number of hydrogen-bond donors (Lipinski definition) is 8. The number of aliphatic carboxylic acids is 2. The van der Waals surface area contributed by atoms with Crippen LogP contribution >= 0.6 is 12.6 Å². The summed E-state index contributed by atoms with van der Waals surface area (Å²) in [6.45, 7) is 0.674. The summed E-state index contributed by atoms with van der Waals surface area (Å²) < 4.78 is 0. The maximum Gasteiger partial charge on any atom is 0.326 e. The van der Waals surface area contributed by atoms with E-state index in [1.807, 2.05) is 0 Å². The standard InChI is InChI=1S/C18H29N5O8S/c19-13(24)5-3-11(18(30)31)22-16(28)10(4-6-14(25)26)21-17(29)12(8-32)23-15(27)9-2-1-7-20-9/h9-12,20,32H,1-8H2,(H2,19,24)(H,21,29)(H,22,28)(H,23,27)(H,25,26)(H,30,31). The summed E-state index contributed by atoms with van der Waals surface area (Å²) in [5.41, 5.74) is 5.00. The highest BCUT2D eigenvalue weighted by Gasteiger charge is 2.31. The van der Waals surface area contributed by atoms with E-state index in [9.17, 15) is 33.9 Å². The summed E-state index contributed by atoms with van der Waals surface area (Å²) in [7, 11) is 0. The van der Waals surface area contributed by atoms with Crippen molar-refractivity contribution in [2.24, 2.45) is 5.73 Å². The molecule has 4 amide bonds. The number of carboxylic acid groups (broad SMARTS) is 2. The van der Waals surface area contributed by atoms with Gasteiger partial charge in [-0.3, -0.25) is 24.0 Å². The smallest absolute Gasteiger partial charge is 0.326 e. The van der Waals surface area contributed by atoms with E-state index >= 15 is 0 Å². The van der Waals surface area contributed by atoms with Gasteiger partial charge < -0.3 is 37.2 Å². The Balaban J connectivity index is 2.83. The Morgan fingerprint density at radius 2 is 1.53 bits per heavy atom. The van der Waals surface area contributed by atoms with Crippen molar-refractivity contribution >= 4 is 48.2 Å². The highest BCUT2D eigenvalue weighted by molar-refractivity contribution is 7.80. The third-order valence-electron chi connectivity index (χ3n) is 4.77. The number of nitrogens with one attached hydrogen (secondary N) is 4. The van der Waals surface area contributed by atoms with Crippen molar-refractivity contribution in [3.05, 3.63) is 0 Å². The fraction of sp³-hybridized carbons (Fsp3) is 0.667. The third-order valence-corrected chi connectivity index (χ3v) is 5.13. The van der Waals surface area contributed by atoms with Crippen LogP contribution in [0.5, 0.6) is 0 Å². The number of nitrogens with two attached hydrogens (primary N) is 1. The molecule has 4 unspecified atom stereocenters. The molecule has 1 saturated heterocycles. The second-order valence-corrected chi connectivity index (χ2v) is 7.66. The molecule has 13 nitrogen and oxygen atoms in total. The van der Waals surface area contributed by atoms with E-state index in [2.05, 4.69) is 33.9 Å². The van der Waals surface area contributed by atoms with Gasteiger partial charge in [0.25, 0.3) is 0 Å². The van der Waals surface area contributed by atoms with Crippen LogP contribution in [0.25, 0.3) is 0 Å². The van der Waals surface area contributed by atoms with E-state index in [0.29, 0.717) is 13.0 Å². The van der Waals surface area contributed by atoms with Crippen molar-refractivity contribution in [3.8, 4) is 0 Å².